The second kappa shape index (κ2) is 8.43. The Morgan fingerprint density at radius 2 is 2.00 bits per heavy atom. The van der Waals surface area contributed by atoms with E-state index in [0.717, 1.165) is 84.9 Å². The summed E-state index contributed by atoms with van der Waals surface area (Å²) in [6, 6.07) is 0. The molecule has 2 aliphatic rings. The second-order valence-electron chi connectivity index (χ2n) is 7.58. The molecule has 150 valence electrons. The Morgan fingerprint density at radius 1 is 1.18 bits per heavy atom. The van der Waals surface area contributed by atoms with Crippen LogP contribution in [0.3, 0.4) is 0 Å². The number of nitrogens with zero attached hydrogens (tertiary/aromatic N) is 4. The minimum absolute atomic E-state index is 0.124. The molecule has 2 aromatic rings. The van der Waals surface area contributed by atoms with Crippen molar-refractivity contribution in [3.63, 3.8) is 0 Å². The van der Waals surface area contributed by atoms with Crippen molar-refractivity contribution < 1.29 is 9.59 Å². The fourth-order valence-corrected chi connectivity index (χ4v) is 5.18. The van der Waals surface area contributed by atoms with E-state index in [1.54, 1.807) is 6.33 Å². The molecule has 0 saturated carbocycles. The summed E-state index contributed by atoms with van der Waals surface area (Å²) >= 11 is 1.46. The lowest BCUT2D eigenvalue weighted by Crippen LogP contribution is -2.35. The number of aryl methyl sites for hydroxylation is 1. The number of carbonyl (C=O) groups excluding carboxylic acids is 2. The average molecular weight is 402 g/mol. The van der Waals surface area contributed by atoms with Gasteiger partial charge in [0.2, 0.25) is 5.91 Å². The number of amides is 2. The van der Waals surface area contributed by atoms with Gasteiger partial charge < -0.3 is 15.1 Å². The summed E-state index contributed by atoms with van der Waals surface area (Å²) in [5, 5.41) is 4.34. The normalized spacial score (nSPS) is 17.5. The monoisotopic (exact) mass is 401 g/mol. The largest absolute Gasteiger partial charge is 0.369 e. The van der Waals surface area contributed by atoms with Crippen LogP contribution >= 0.6 is 11.3 Å². The molecule has 2 aromatic heterocycles. The maximum atomic E-state index is 13.0. The van der Waals surface area contributed by atoms with Gasteiger partial charge in [-0.3, -0.25) is 9.59 Å². The highest BCUT2D eigenvalue weighted by Gasteiger charge is 2.24. The van der Waals surface area contributed by atoms with Crippen molar-refractivity contribution in [1.29, 1.82) is 0 Å². The predicted octanol–water partition coefficient (Wildman–Crippen LogP) is 3.05. The zero-order valence-electron chi connectivity index (χ0n) is 16.4. The Hall–Kier alpha value is -2.22. The fourth-order valence-electron chi connectivity index (χ4n) is 4.07. The maximum Gasteiger partial charge on any atom is 0.264 e. The molecule has 7 nitrogen and oxygen atoms in total. The van der Waals surface area contributed by atoms with E-state index < -0.39 is 0 Å². The van der Waals surface area contributed by atoms with E-state index >= 15 is 0 Å². The molecule has 0 spiro atoms. The Morgan fingerprint density at radius 3 is 2.75 bits per heavy atom. The van der Waals surface area contributed by atoms with Crippen LogP contribution in [0.5, 0.6) is 0 Å². The van der Waals surface area contributed by atoms with Gasteiger partial charge in [0.15, 0.2) is 0 Å². The summed E-state index contributed by atoms with van der Waals surface area (Å²) in [5.41, 5.74) is 0.966. The number of rotatable bonds is 6. The van der Waals surface area contributed by atoms with Crippen molar-refractivity contribution >= 4 is 39.2 Å². The van der Waals surface area contributed by atoms with Crippen LogP contribution in [0.1, 0.15) is 53.8 Å². The summed E-state index contributed by atoms with van der Waals surface area (Å²) < 4.78 is 0. The number of carbonyl (C=O) groups is 2. The number of hydrogen-bond donors (Lipinski definition) is 1. The van der Waals surface area contributed by atoms with E-state index in [-0.39, 0.29) is 11.8 Å². The predicted molar refractivity (Wildman–Crippen MR) is 111 cm³/mol. The van der Waals surface area contributed by atoms with E-state index in [1.807, 2.05) is 16.7 Å². The van der Waals surface area contributed by atoms with Gasteiger partial charge in [-0.25, -0.2) is 9.97 Å². The van der Waals surface area contributed by atoms with E-state index in [1.165, 1.54) is 17.8 Å². The molecule has 2 aliphatic heterocycles. The lowest BCUT2D eigenvalue weighted by molar-refractivity contribution is -0.127. The molecule has 0 aromatic carbocycles. The number of anilines is 1. The lowest BCUT2D eigenvalue weighted by atomic mass is 10.1. The summed E-state index contributed by atoms with van der Waals surface area (Å²) in [6.07, 6.45) is 7.46. The zero-order valence-corrected chi connectivity index (χ0v) is 17.2. The first-order valence-electron chi connectivity index (χ1n) is 10.2. The summed E-state index contributed by atoms with van der Waals surface area (Å²) in [4.78, 5) is 39.0. The standard InChI is InChI=1S/C20H27N5O2S/c1-14-16-18(21-8-6-12-24-11-5-7-15(24)26)22-13-23-19(16)28-17(14)20(27)25-9-3-2-4-10-25/h13H,2-12H2,1H3,(H,21,22,23). The van der Waals surface area contributed by atoms with Gasteiger partial charge in [-0.2, -0.15) is 0 Å². The van der Waals surface area contributed by atoms with Gasteiger partial charge in [-0.05, 0) is 44.6 Å². The van der Waals surface area contributed by atoms with Gasteiger partial charge in [-0.15, -0.1) is 11.3 Å². The molecular formula is C20H27N5O2S. The minimum Gasteiger partial charge on any atom is -0.369 e. The fraction of sp³-hybridized carbons (Fsp3) is 0.600. The van der Waals surface area contributed by atoms with E-state index in [0.29, 0.717) is 6.42 Å². The van der Waals surface area contributed by atoms with Gasteiger partial charge in [-0.1, -0.05) is 0 Å². The molecule has 2 saturated heterocycles. The van der Waals surface area contributed by atoms with Crippen LogP contribution in [0.25, 0.3) is 10.2 Å². The van der Waals surface area contributed by atoms with E-state index in [2.05, 4.69) is 15.3 Å². The third kappa shape index (κ3) is 3.83. The highest BCUT2D eigenvalue weighted by molar-refractivity contribution is 7.20. The van der Waals surface area contributed by atoms with Crippen LogP contribution in [0.4, 0.5) is 5.82 Å². The SMILES string of the molecule is Cc1c(C(=O)N2CCCCC2)sc2ncnc(NCCCN3CCCC3=O)c12. The topological polar surface area (TPSA) is 78.4 Å². The molecule has 1 N–H and O–H groups in total. The smallest absolute Gasteiger partial charge is 0.264 e. The van der Waals surface area contributed by atoms with Gasteiger partial charge >= 0.3 is 0 Å². The van der Waals surface area contributed by atoms with Crippen LogP contribution in [-0.4, -0.2) is 64.3 Å². The first-order valence-corrected chi connectivity index (χ1v) is 11.0. The molecule has 4 heterocycles. The maximum absolute atomic E-state index is 13.0. The number of fused-ring (bicyclic) bond motifs is 1. The number of thiophene rings is 1. The average Bonchev–Trinajstić information content (AvgIpc) is 3.29. The molecule has 28 heavy (non-hydrogen) atoms. The highest BCUT2D eigenvalue weighted by Crippen LogP contribution is 2.34. The molecule has 0 atom stereocenters. The van der Waals surface area contributed by atoms with Crippen molar-refractivity contribution in [2.75, 3.05) is 38.0 Å². The van der Waals surface area contributed by atoms with Crippen LogP contribution in [0.15, 0.2) is 6.33 Å². The highest BCUT2D eigenvalue weighted by atomic mass is 32.1. The zero-order chi connectivity index (χ0) is 19.5. The van der Waals surface area contributed by atoms with Crippen molar-refractivity contribution in [3.05, 3.63) is 16.8 Å². The molecule has 0 unspecified atom stereocenters. The molecule has 0 aliphatic carbocycles. The molecule has 8 heteroatoms. The number of aromatic nitrogens is 2. The molecule has 4 rings (SSSR count). The van der Waals surface area contributed by atoms with Crippen molar-refractivity contribution in [1.82, 2.24) is 19.8 Å². The summed E-state index contributed by atoms with van der Waals surface area (Å²) in [6.45, 7) is 6.08. The first kappa shape index (κ1) is 19.1. The number of likely N-dealkylation sites (tertiary alicyclic amines) is 2. The van der Waals surface area contributed by atoms with E-state index in [4.69, 9.17) is 0 Å². The van der Waals surface area contributed by atoms with Gasteiger partial charge in [0.05, 0.1) is 10.3 Å². The molecule has 0 bridgehead atoms. The summed E-state index contributed by atoms with van der Waals surface area (Å²) in [5.74, 6) is 1.17. The lowest BCUT2D eigenvalue weighted by Gasteiger charge is -2.26. The molecule has 2 amide bonds. The van der Waals surface area contributed by atoms with Crippen molar-refractivity contribution in [3.8, 4) is 0 Å². The van der Waals surface area contributed by atoms with Gasteiger partial charge in [0, 0.05) is 39.1 Å². The number of piperidine rings is 1. The molecule has 2 fully saturated rings. The van der Waals surface area contributed by atoms with Crippen LogP contribution in [0.2, 0.25) is 0 Å². The Kier molecular flexibility index (Phi) is 5.75. The van der Waals surface area contributed by atoms with Gasteiger partial charge in [0.1, 0.15) is 17.0 Å². The summed E-state index contributed by atoms with van der Waals surface area (Å²) in [7, 11) is 0. The number of hydrogen-bond acceptors (Lipinski definition) is 6. The van der Waals surface area contributed by atoms with E-state index in [9.17, 15) is 9.59 Å². The Balaban J connectivity index is 1.46. The minimum atomic E-state index is 0.124. The first-order chi connectivity index (χ1) is 13.6. The quantitative estimate of drug-likeness (QED) is 0.753. The Bertz CT molecular complexity index is 875. The van der Waals surface area contributed by atoms with Crippen LogP contribution < -0.4 is 5.32 Å². The third-order valence-corrected chi connectivity index (χ3v) is 6.82. The Labute approximate surface area is 169 Å². The molecule has 0 radical (unpaired) electrons. The second-order valence-corrected chi connectivity index (χ2v) is 8.58. The van der Waals surface area contributed by atoms with Gasteiger partial charge in [0.25, 0.3) is 5.91 Å². The van der Waals surface area contributed by atoms with Crippen LogP contribution in [0, 0.1) is 6.92 Å². The number of nitrogens with one attached hydrogen (secondary N) is 1. The van der Waals surface area contributed by atoms with Crippen LogP contribution in [-0.2, 0) is 4.79 Å². The van der Waals surface area contributed by atoms with Crippen molar-refractivity contribution in [2.45, 2.75) is 45.4 Å². The van der Waals surface area contributed by atoms with Crippen molar-refractivity contribution in [2.24, 2.45) is 0 Å². The third-order valence-electron chi connectivity index (χ3n) is 5.63. The molecular weight excluding hydrogens is 374 g/mol.